The average molecular weight is 934 g/mol. The van der Waals surface area contributed by atoms with Gasteiger partial charge in [-0.3, -0.25) is 14.4 Å². The third-order valence-corrected chi connectivity index (χ3v) is 14.0. The van der Waals surface area contributed by atoms with E-state index in [4.69, 9.17) is 14.2 Å². The summed E-state index contributed by atoms with van der Waals surface area (Å²) in [6, 6.07) is 0. The fourth-order valence-electron chi connectivity index (χ4n) is 9.14. The van der Waals surface area contributed by atoms with E-state index in [9.17, 15) is 14.4 Å². The Bertz CT molecular complexity index is 1020. The fraction of sp³-hybridized carbons (Fsp3) is 0.950. The molecule has 0 aromatic rings. The van der Waals surface area contributed by atoms with Crippen molar-refractivity contribution in [2.75, 3.05) is 13.2 Å². The second kappa shape index (κ2) is 51.3. The van der Waals surface area contributed by atoms with Gasteiger partial charge in [0.1, 0.15) is 13.2 Å². The molecule has 0 saturated heterocycles. The van der Waals surface area contributed by atoms with Crippen molar-refractivity contribution in [3.8, 4) is 0 Å². The van der Waals surface area contributed by atoms with Gasteiger partial charge in [-0.1, -0.05) is 292 Å². The Balaban J connectivity index is 4.20. The molecule has 0 aromatic heterocycles. The van der Waals surface area contributed by atoms with Gasteiger partial charge in [-0.25, -0.2) is 0 Å². The zero-order valence-electron chi connectivity index (χ0n) is 45.5. The molecule has 2 atom stereocenters. The van der Waals surface area contributed by atoms with Crippen molar-refractivity contribution in [2.24, 2.45) is 17.8 Å². The number of unbranched alkanes of at least 4 members (excludes halogenated alkanes) is 35. The molecule has 0 aromatic carbocycles. The molecule has 0 spiro atoms. The van der Waals surface area contributed by atoms with Crippen LogP contribution in [0.3, 0.4) is 0 Å². The van der Waals surface area contributed by atoms with Gasteiger partial charge in [-0.05, 0) is 37.0 Å². The normalized spacial score (nSPS) is 12.5. The Hall–Kier alpha value is -1.59. The van der Waals surface area contributed by atoms with E-state index < -0.39 is 6.10 Å². The lowest BCUT2D eigenvalue weighted by Gasteiger charge is -2.18. The number of rotatable bonds is 53. The van der Waals surface area contributed by atoms with Gasteiger partial charge < -0.3 is 14.2 Å². The number of esters is 3. The molecule has 0 saturated carbocycles. The first-order valence-electron chi connectivity index (χ1n) is 29.6. The smallest absolute Gasteiger partial charge is 0.306 e. The van der Waals surface area contributed by atoms with Crippen molar-refractivity contribution in [3.63, 3.8) is 0 Å². The summed E-state index contributed by atoms with van der Waals surface area (Å²) in [7, 11) is 0. The highest BCUT2D eigenvalue weighted by molar-refractivity contribution is 5.71. The molecule has 6 heteroatoms. The molecule has 0 heterocycles. The molecule has 66 heavy (non-hydrogen) atoms. The van der Waals surface area contributed by atoms with Crippen LogP contribution in [0.1, 0.15) is 330 Å². The SMILES string of the molecule is CCC(C)CCCCCCCCCCCCCCCCC(=O)OC[C@@H](COC(=O)CCCCCCCCC(C)C)OC(=O)CCCCCCCCCCCCCCCCCCCCC(C)C. The highest BCUT2D eigenvalue weighted by Gasteiger charge is 2.19. The number of ether oxygens (including phenoxy) is 3. The predicted octanol–water partition coefficient (Wildman–Crippen LogP) is 19.5. The molecule has 0 amide bonds. The van der Waals surface area contributed by atoms with Crippen molar-refractivity contribution >= 4 is 17.9 Å². The third kappa shape index (κ3) is 51.8. The van der Waals surface area contributed by atoms with Crippen LogP contribution in [-0.4, -0.2) is 37.2 Å². The van der Waals surface area contributed by atoms with Crippen molar-refractivity contribution in [2.45, 2.75) is 337 Å². The summed E-state index contributed by atoms with van der Waals surface area (Å²) >= 11 is 0. The molecule has 0 N–H and O–H groups in total. The second-order valence-electron chi connectivity index (χ2n) is 21.8. The topological polar surface area (TPSA) is 78.9 Å². The minimum Gasteiger partial charge on any atom is -0.462 e. The molecular weight excluding hydrogens is 817 g/mol. The van der Waals surface area contributed by atoms with Gasteiger partial charge in [0.2, 0.25) is 0 Å². The summed E-state index contributed by atoms with van der Waals surface area (Å²) < 4.78 is 16.9. The summed E-state index contributed by atoms with van der Waals surface area (Å²) in [4.78, 5) is 38.1. The largest absolute Gasteiger partial charge is 0.462 e. The molecule has 0 aliphatic carbocycles. The van der Waals surface area contributed by atoms with Gasteiger partial charge in [-0.2, -0.15) is 0 Å². The van der Waals surface area contributed by atoms with Crippen molar-refractivity contribution in [1.82, 2.24) is 0 Å². The lowest BCUT2D eigenvalue weighted by atomic mass is 9.99. The number of hydrogen-bond donors (Lipinski definition) is 0. The van der Waals surface area contributed by atoms with Crippen LogP contribution in [0.2, 0.25) is 0 Å². The van der Waals surface area contributed by atoms with Gasteiger partial charge >= 0.3 is 17.9 Å². The monoisotopic (exact) mass is 933 g/mol. The summed E-state index contributed by atoms with van der Waals surface area (Å²) in [5.74, 6) is 1.67. The van der Waals surface area contributed by atoms with Crippen LogP contribution in [-0.2, 0) is 28.6 Å². The molecule has 0 radical (unpaired) electrons. The van der Waals surface area contributed by atoms with E-state index in [1.54, 1.807) is 0 Å². The lowest BCUT2D eigenvalue weighted by Crippen LogP contribution is -2.30. The number of carbonyl (C=O) groups is 3. The summed E-state index contributed by atoms with van der Waals surface area (Å²) in [6.07, 6.45) is 54.0. The highest BCUT2D eigenvalue weighted by Crippen LogP contribution is 2.19. The van der Waals surface area contributed by atoms with Gasteiger partial charge in [0, 0.05) is 19.3 Å². The zero-order chi connectivity index (χ0) is 48.4. The van der Waals surface area contributed by atoms with E-state index in [-0.39, 0.29) is 31.1 Å². The predicted molar refractivity (Wildman–Crippen MR) is 284 cm³/mol. The molecule has 392 valence electrons. The summed E-state index contributed by atoms with van der Waals surface area (Å²) in [5, 5.41) is 0. The Morgan fingerprint density at radius 3 is 0.788 bits per heavy atom. The van der Waals surface area contributed by atoms with E-state index in [0.717, 1.165) is 75.5 Å². The average Bonchev–Trinajstić information content (AvgIpc) is 3.29. The molecule has 6 nitrogen and oxygen atoms in total. The van der Waals surface area contributed by atoms with Gasteiger partial charge in [0.25, 0.3) is 0 Å². The first kappa shape index (κ1) is 64.4. The van der Waals surface area contributed by atoms with E-state index in [1.807, 2.05) is 0 Å². The number of hydrogen-bond acceptors (Lipinski definition) is 6. The third-order valence-electron chi connectivity index (χ3n) is 14.0. The Morgan fingerprint density at radius 2 is 0.530 bits per heavy atom. The molecule has 0 rings (SSSR count). The van der Waals surface area contributed by atoms with Gasteiger partial charge in [0.15, 0.2) is 6.10 Å². The molecule has 0 fully saturated rings. The lowest BCUT2D eigenvalue weighted by molar-refractivity contribution is -0.167. The summed E-state index contributed by atoms with van der Waals surface area (Å²) in [6.45, 7) is 13.7. The Labute approximate surface area is 412 Å². The van der Waals surface area contributed by atoms with E-state index in [2.05, 4.69) is 41.5 Å². The maximum Gasteiger partial charge on any atom is 0.306 e. The van der Waals surface area contributed by atoms with E-state index >= 15 is 0 Å². The molecule has 0 bridgehead atoms. The van der Waals surface area contributed by atoms with Crippen molar-refractivity contribution in [1.29, 1.82) is 0 Å². The minimum absolute atomic E-state index is 0.0642. The van der Waals surface area contributed by atoms with Gasteiger partial charge in [-0.15, -0.1) is 0 Å². The maximum atomic E-state index is 12.9. The molecule has 1 unspecified atom stereocenters. The first-order valence-corrected chi connectivity index (χ1v) is 29.6. The van der Waals surface area contributed by atoms with Crippen LogP contribution in [0, 0.1) is 17.8 Å². The molecular formula is C60H116O6. The first-order chi connectivity index (χ1) is 32.1. The van der Waals surface area contributed by atoms with E-state index in [0.29, 0.717) is 19.3 Å². The summed E-state index contributed by atoms with van der Waals surface area (Å²) in [5.41, 5.74) is 0. The van der Waals surface area contributed by atoms with Gasteiger partial charge in [0.05, 0.1) is 0 Å². The van der Waals surface area contributed by atoms with E-state index in [1.165, 1.54) is 212 Å². The molecule has 0 aliphatic heterocycles. The zero-order valence-corrected chi connectivity index (χ0v) is 45.5. The standard InChI is InChI=1S/C60H116O6/c1-7-56(6)48-42-36-29-25-21-17-14-15-18-22-26-30-37-43-49-58(61)64-52-57(53-65-59(62)50-44-38-33-32-35-41-47-55(4)5)66-60(63)51-45-39-31-27-23-19-13-11-9-8-10-12-16-20-24-28-34-40-46-54(2)3/h54-57H,7-53H2,1-6H3/t56?,57-/m0/s1. The van der Waals surface area contributed by atoms with Crippen LogP contribution >= 0.6 is 0 Å². The van der Waals surface area contributed by atoms with Crippen LogP contribution < -0.4 is 0 Å². The van der Waals surface area contributed by atoms with Crippen LogP contribution in [0.25, 0.3) is 0 Å². The Kier molecular flexibility index (Phi) is 50.0. The fourth-order valence-corrected chi connectivity index (χ4v) is 9.14. The maximum absolute atomic E-state index is 12.9. The Morgan fingerprint density at radius 1 is 0.303 bits per heavy atom. The van der Waals surface area contributed by atoms with Crippen molar-refractivity contribution < 1.29 is 28.6 Å². The quantitative estimate of drug-likeness (QED) is 0.0343. The van der Waals surface area contributed by atoms with Crippen LogP contribution in [0.5, 0.6) is 0 Å². The molecule has 0 aliphatic rings. The highest BCUT2D eigenvalue weighted by atomic mass is 16.6. The minimum atomic E-state index is -0.764. The van der Waals surface area contributed by atoms with Crippen molar-refractivity contribution in [3.05, 3.63) is 0 Å². The number of carbonyl (C=O) groups excluding carboxylic acids is 3. The van der Waals surface area contributed by atoms with Crippen LogP contribution in [0.4, 0.5) is 0 Å². The van der Waals surface area contributed by atoms with Crippen LogP contribution in [0.15, 0.2) is 0 Å². The second-order valence-corrected chi connectivity index (χ2v) is 21.8.